The number of halogens is 2. The van der Waals surface area contributed by atoms with Gasteiger partial charge in [-0.2, -0.15) is 0 Å². The van der Waals surface area contributed by atoms with Gasteiger partial charge in [-0.05, 0) is 0 Å². The lowest BCUT2D eigenvalue weighted by molar-refractivity contribution is -0.718. The molecular formula is C6H16Br2N2O. The number of hydrogen-bond acceptors (Lipinski definition) is 1. The van der Waals surface area contributed by atoms with E-state index in [4.69, 9.17) is 4.74 Å². The van der Waals surface area contributed by atoms with Gasteiger partial charge in [-0.1, -0.05) is 0 Å². The normalized spacial score (nSPS) is 19.6. The second-order valence-corrected chi connectivity index (χ2v) is 2.34. The fraction of sp³-hybridized carbons (Fsp3) is 1.00. The zero-order chi connectivity index (χ0) is 6.36. The summed E-state index contributed by atoms with van der Waals surface area (Å²) in [6, 6.07) is 0. The van der Waals surface area contributed by atoms with E-state index < -0.39 is 0 Å². The zero-order valence-corrected chi connectivity index (χ0v) is 9.73. The fourth-order valence-corrected chi connectivity index (χ4v) is 0.960. The van der Waals surface area contributed by atoms with Crippen molar-refractivity contribution in [2.24, 2.45) is 0 Å². The molecule has 0 amide bonds. The minimum atomic E-state index is 0. The van der Waals surface area contributed by atoms with E-state index in [1.165, 1.54) is 13.1 Å². The Morgan fingerprint density at radius 2 is 1.18 bits per heavy atom. The van der Waals surface area contributed by atoms with E-state index in [-0.39, 0.29) is 34.0 Å². The summed E-state index contributed by atoms with van der Waals surface area (Å²) in [5.41, 5.74) is 0. The first-order valence-electron chi connectivity index (χ1n) is 3.71. The van der Waals surface area contributed by atoms with Crippen LogP contribution in [-0.4, -0.2) is 39.4 Å². The maximum Gasteiger partial charge on any atom is 0.125 e. The lowest BCUT2D eigenvalue weighted by Crippen LogP contribution is -3.00. The minimum Gasteiger partial charge on any atom is -1.00 e. The van der Waals surface area contributed by atoms with Crippen molar-refractivity contribution in [3.63, 3.8) is 0 Å². The SMILES string of the molecule is C1C[NH2+]CCOCC[NH2+]1.[Br-].[Br-]. The van der Waals surface area contributed by atoms with E-state index in [1.807, 2.05) is 0 Å². The fourth-order valence-electron chi connectivity index (χ4n) is 0.960. The van der Waals surface area contributed by atoms with E-state index in [2.05, 4.69) is 10.6 Å². The Labute approximate surface area is 88.8 Å². The average molecular weight is 292 g/mol. The van der Waals surface area contributed by atoms with Crippen LogP contribution >= 0.6 is 0 Å². The first-order chi connectivity index (χ1) is 4.50. The van der Waals surface area contributed by atoms with Gasteiger partial charge in [0, 0.05) is 0 Å². The van der Waals surface area contributed by atoms with Gasteiger partial charge in [0.15, 0.2) is 0 Å². The molecule has 0 spiro atoms. The summed E-state index contributed by atoms with van der Waals surface area (Å²) in [4.78, 5) is 0. The van der Waals surface area contributed by atoms with Crippen LogP contribution in [0.25, 0.3) is 0 Å². The smallest absolute Gasteiger partial charge is 0.125 e. The molecule has 1 rings (SSSR count). The summed E-state index contributed by atoms with van der Waals surface area (Å²) in [7, 11) is 0. The standard InChI is InChI=1S/C6H14N2O.2BrH/c1-2-8-4-6-9-5-3-7-1;;/h7-8H,1-6H2;2*1H. The lowest BCUT2D eigenvalue weighted by Gasteiger charge is -1.95. The Balaban J connectivity index is 0. The van der Waals surface area contributed by atoms with Gasteiger partial charge >= 0.3 is 0 Å². The highest BCUT2D eigenvalue weighted by atomic mass is 79.9. The molecule has 0 aromatic heterocycles. The predicted molar refractivity (Wildman–Crippen MR) is 34.1 cm³/mol. The van der Waals surface area contributed by atoms with Gasteiger partial charge in [0.25, 0.3) is 0 Å². The van der Waals surface area contributed by atoms with Gasteiger partial charge in [-0.15, -0.1) is 0 Å². The molecule has 1 aliphatic rings. The maximum atomic E-state index is 5.29. The van der Waals surface area contributed by atoms with Crippen LogP contribution in [0.4, 0.5) is 0 Å². The van der Waals surface area contributed by atoms with Gasteiger partial charge in [-0.3, -0.25) is 0 Å². The maximum absolute atomic E-state index is 5.29. The van der Waals surface area contributed by atoms with E-state index >= 15 is 0 Å². The number of rotatable bonds is 0. The topological polar surface area (TPSA) is 42.5 Å². The lowest BCUT2D eigenvalue weighted by atomic mass is 10.6. The quantitative estimate of drug-likeness (QED) is 0.457. The Morgan fingerprint density at radius 3 is 1.64 bits per heavy atom. The molecule has 0 aliphatic carbocycles. The molecule has 1 heterocycles. The van der Waals surface area contributed by atoms with Crippen molar-refractivity contribution in [1.82, 2.24) is 0 Å². The van der Waals surface area contributed by atoms with E-state index in [0.29, 0.717) is 0 Å². The van der Waals surface area contributed by atoms with Gasteiger partial charge < -0.3 is 49.3 Å². The van der Waals surface area contributed by atoms with Gasteiger partial charge in [0.2, 0.25) is 0 Å². The molecular weight excluding hydrogens is 276 g/mol. The van der Waals surface area contributed by atoms with Crippen molar-refractivity contribution in [1.29, 1.82) is 0 Å². The van der Waals surface area contributed by atoms with Crippen molar-refractivity contribution >= 4 is 0 Å². The Morgan fingerprint density at radius 1 is 0.727 bits per heavy atom. The van der Waals surface area contributed by atoms with Crippen molar-refractivity contribution < 1.29 is 49.3 Å². The number of hydrogen-bond donors (Lipinski definition) is 2. The molecule has 1 aliphatic heterocycles. The van der Waals surface area contributed by atoms with Crippen LogP contribution in [0.5, 0.6) is 0 Å². The molecule has 0 aromatic carbocycles. The van der Waals surface area contributed by atoms with Crippen LogP contribution < -0.4 is 44.6 Å². The Bertz CT molecular complexity index is 47.1. The second-order valence-electron chi connectivity index (χ2n) is 2.34. The molecule has 70 valence electrons. The third kappa shape index (κ3) is 8.75. The highest BCUT2D eigenvalue weighted by Gasteiger charge is 1.98. The molecule has 4 N–H and O–H groups in total. The zero-order valence-electron chi connectivity index (χ0n) is 6.56. The van der Waals surface area contributed by atoms with Crippen LogP contribution in [0, 0.1) is 0 Å². The first-order valence-corrected chi connectivity index (χ1v) is 3.71. The molecule has 11 heavy (non-hydrogen) atoms. The average Bonchev–Trinajstić information content (AvgIpc) is 2.00. The van der Waals surface area contributed by atoms with Crippen molar-refractivity contribution in [2.75, 3.05) is 39.4 Å². The predicted octanol–water partition coefficient (Wildman–Crippen LogP) is -8.85. The third-order valence-electron chi connectivity index (χ3n) is 1.51. The van der Waals surface area contributed by atoms with Gasteiger partial charge in [0.05, 0.1) is 26.3 Å². The Kier molecular flexibility index (Phi) is 14.2. The molecule has 0 radical (unpaired) electrons. The molecule has 0 bridgehead atoms. The number of ether oxygens (including phenoxy) is 1. The second kappa shape index (κ2) is 10.8. The van der Waals surface area contributed by atoms with Crippen LogP contribution in [0.3, 0.4) is 0 Å². The third-order valence-corrected chi connectivity index (χ3v) is 1.51. The number of quaternary nitrogens is 2. The highest BCUT2D eigenvalue weighted by Crippen LogP contribution is 1.66. The molecule has 0 aromatic rings. The summed E-state index contributed by atoms with van der Waals surface area (Å²) in [5, 5.41) is 4.61. The summed E-state index contributed by atoms with van der Waals surface area (Å²) in [6.45, 7) is 6.59. The molecule has 0 saturated carbocycles. The summed E-state index contributed by atoms with van der Waals surface area (Å²) in [6.07, 6.45) is 0. The molecule has 5 heteroatoms. The van der Waals surface area contributed by atoms with E-state index in [0.717, 1.165) is 26.3 Å². The molecule has 1 fully saturated rings. The van der Waals surface area contributed by atoms with Gasteiger partial charge in [0.1, 0.15) is 13.1 Å². The summed E-state index contributed by atoms with van der Waals surface area (Å²) >= 11 is 0. The van der Waals surface area contributed by atoms with E-state index in [1.54, 1.807) is 0 Å². The molecule has 0 atom stereocenters. The molecule has 1 saturated heterocycles. The summed E-state index contributed by atoms with van der Waals surface area (Å²) < 4.78 is 5.29. The van der Waals surface area contributed by atoms with Crippen LogP contribution in [-0.2, 0) is 4.74 Å². The summed E-state index contributed by atoms with van der Waals surface area (Å²) in [5.74, 6) is 0. The van der Waals surface area contributed by atoms with Crippen molar-refractivity contribution in [3.05, 3.63) is 0 Å². The number of nitrogens with two attached hydrogens (primary N) is 2. The van der Waals surface area contributed by atoms with E-state index in [9.17, 15) is 0 Å². The largest absolute Gasteiger partial charge is 1.00 e. The first kappa shape index (κ1) is 14.4. The molecule has 0 unspecified atom stereocenters. The highest BCUT2D eigenvalue weighted by molar-refractivity contribution is 4.29. The molecule has 3 nitrogen and oxygen atoms in total. The van der Waals surface area contributed by atoms with Crippen molar-refractivity contribution in [3.8, 4) is 0 Å². The Hall–Kier alpha value is 0.840. The van der Waals surface area contributed by atoms with Crippen LogP contribution in [0.2, 0.25) is 0 Å². The van der Waals surface area contributed by atoms with Crippen LogP contribution in [0.1, 0.15) is 0 Å². The van der Waals surface area contributed by atoms with Crippen LogP contribution in [0.15, 0.2) is 0 Å². The van der Waals surface area contributed by atoms with Gasteiger partial charge in [-0.25, -0.2) is 0 Å². The van der Waals surface area contributed by atoms with Crippen molar-refractivity contribution in [2.45, 2.75) is 0 Å². The minimum absolute atomic E-state index is 0. The monoisotopic (exact) mass is 290 g/mol.